The second-order valence-corrected chi connectivity index (χ2v) is 6.53. The lowest BCUT2D eigenvalue weighted by molar-refractivity contribution is 0.194. The maximum absolute atomic E-state index is 6.47. The van der Waals surface area contributed by atoms with Crippen LogP contribution in [0.5, 0.6) is 0 Å². The van der Waals surface area contributed by atoms with E-state index in [2.05, 4.69) is 12.2 Å². The van der Waals surface area contributed by atoms with Crippen LogP contribution < -0.4 is 5.32 Å². The van der Waals surface area contributed by atoms with Crippen molar-refractivity contribution in [2.45, 2.75) is 31.6 Å². The molecule has 2 atom stereocenters. The zero-order chi connectivity index (χ0) is 14.6. The van der Waals surface area contributed by atoms with Crippen LogP contribution in [-0.2, 0) is 10.2 Å². The quantitative estimate of drug-likeness (QED) is 0.791. The normalized spacial score (nSPS) is 26.1. The number of halogens is 2. The topological polar surface area (TPSA) is 21.3 Å². The van der Waals surface area contributed by atoms with Crippen LogP contribution >= 0.6 is 23.2 Å². The third kappa shape index (κ3) is 3.14. The summed E-state index contributed by atoms with van der Waals surface area (Å²) < 4.78 is 5.10. The van der Waals surface area contributed by atoms with Crippen molar-refractivity contribution in [2.75, 3.05) is 26.8 Å². The van der Waals surface area contributed by atoms with Crippen molar-refractivity contribution in [3.05, 3.63) is 33.8 Å². The highest BCUT2D eigenvalue weighted by Crippen LogP contribution is 2.49. The van der Waals surface area contributed by atoms with Crippen molar-refractivity contribution in [2.24, 2.45) is 5.92 Å². The summed E-state index contributed by atoms with van der Waals surface area (Å²) in [5, 5.41) is 5.09. The highest BCUT2D eigenvalue weighted by Gasteiger charge is 2.43. The molecule has 1 aliphatic rings. The number of hydrogen-bond donors (Lipinski definition) is 1. The molecule has 1 aromatic rings. The number of rotatable bonds is 6. The van der Waals surface area contributed by atoms with E-state index in [1.54, 1.807) is 7.11 Å². The van der Waals surface area contributed by atoms with Crippen molar-refractivity contribution in [1.29, 1.82) is 0 Å². The number of ether oxygens (including phenoxy) is 1. The first-order valence-electron chi connectivity index (χ1n) is 7.26. The molecule has 0 radical (unpaired) electrons. The second kappa shape index (κ2) is 7.13. The van der Waals surface area contributed by atoms with Gasteiger partial charge in [0, 0.05) is 35.7 Å². The van der Waals surface area contributed by atoms with Crippen molar-refractivity contribution in [3.8, 4) is 0 Å². The van der Waals surface area contributed by atoms with Gasteiger partial charge in [0.1, 0.15) is 0 Å². The fraction of sp³-hybridized carbons (Fsp3) is 0.625. The smallest absolute Gasteiger partial charge is 0.0587 e. The molecular weight excluding hydrogens is 293 g/mol. The SMILES string of the molecule is COCCNCC1(c2c(Cl)cccc2Cl)CCCC1C. The summed E-state index contributed by atoms with van der Waals surface area (Å²) >= 11 is 12.9. The third-order valence-electron chi connectivity index (χ3n) is 4.59. The van der Waals surface area contributed by atoms with Crippen LogP contribution in [0, 0.1) is 5.92 Å². The van der Waals surface area contributed by atoms with E-state index in [-0.39, 0.29) is 5.41 Å². The highest BCUT2D eigenvalue weighted by molar-refractivity contribution is 6.36. The van der Waals surface area contributed by atoms with Gasteiger partial charge in [0.15, 0.2) is 0 Å². The Labute approximate surface area is 131 Å². The van der Waals surface area contributed by atoms with Crippen molar-refractivity contribution in [3.63, 3.8) is 0 Å². The molecule has 4 heteroatoms. The van der Waals surface area contributed by atoms with Crippen LogP contribution in [0.4, 0.5) is 0 Å². The monoisotopic (exact) mass is 315 g/mol. The summed E-state index contributed by atoms with van der Waals surface area (Å²) in [6.45, 7) is 4.79. The van der Waals surface area contributed by atoms with E-state index in [1.165, 1.54) is 12.8 Å². The van der Waals surface area contributed by atoms with Crippen LogP contribution in [0.1, 0.15) is 31.7 Å². The van der Waals surface area contributed by atoms with E-state index in [0.29, 0.717) is 5.92 Å². The van der Waals surface area contributed by atoms with Crippen LogP contribution in [0.3, 0.4) is 0 Å². The van der Waals surface area contributed by atoms with Gasteiger partial charge in [-0.15, -0.1) is 0 Å². The molecule has 0 aromatic heterocycles. The Morgan fingerprint density at radius 1 is 1.35 bits per heavy atom. The van der Waals surface area contributed by atoms with Crippen LogP contribution in [-0.4, -0.2) is 26.8 Å². The molecule has 1 N–H and O–H groups in total. The van der Waals surface area contributed by atoms with Crippen molar-refractivity contribution in [1.82, 2.24) is 5.32 Å². The van der Waals surface area contributed by atoms with Crippen LogP contribution in [0.2, 0.25) is 10.0 Å². The van der Waals surface area contributed by atoms with Crippen molar-refractivity contribution < 1.29 is 4.74 Å². The molecule has 2 nitrogen and oxygen atoms in total. The predicted molar refractivity (Wildman–Crippen MR) is 85.9 cm³/mol. The van der Waals surface area contributed by atoms with Gasteiger partial charge in [0.2, 0.25) is 0 Å². The lowest BCUT2D eigenvalue weighted by atomic mass is 9.72. The number of hydrogen-bond acceptors (Lipinski definition) is 2. The van der Waals surface area contributed by atoms with Crippen LogP contribution in [0.25, 0.3) is 0 Å². The van der Waals surface area contributed by atoms with E-state index < -0.39 is 0 Å². The van der Waals surface area contributed by atoms with Gasteiger partial charge in [-0.3, -0.25) is 0 Å². The molecule has 1 aliphatic carbocycles. The van der Waals surface area contributed by atoms with Gasteiger partial charge in [-0.25, -0.2) is 0 Å². The summed E-state index contributed by atoms with van der Waals surface area (Å²) in [7, 11) is 1.72. The van der Waals surface area contributed by atoms with Gasteiger partial charge in [-0.1, -0.05) is 42.6 Å². The molecular formula is C16H23Cl2NO. The zero-order valence-electron chi connectivity index (χ0n) is 12.2. The molecule has 0 spiro atoms. The first-order valence-corrected chi connectivity index (χ1v) is 8.01. The number of methoxy groups -OCH3 is 1. The second-order valence-electron chi connectivity index (χ2n) is 5.72. The Bertz CT molecular complexity index is 432. The maximum atomic E-state index is 6.47. The van der Waals surface area contributed by atoms with Crippen LogP contribution in [0.15, 0.2) is 18.2 Å². The average molecular weight is 316 g/mol. The predicted octanol–water partition coefficient (Wildman–Crippen LogP) is 4.29. The lowest BCUT2D eigenvalue weighted by Crippen LogP contribution is -2.41. The molecule has 1 fully saturated rings. The number of benzene rings is 1. The third-order valence-corrected chi connectivity index (χ3v) is 5.22. The molecule has 0 aliphatic heterocycles. The van der Waals surface area contributed by atoms with Gasteiger partial charge in [0.25, 0.3) is 0 Å². The molecule has 2 rings (SSSR count). The summed E-state index contributed by atoms with van der Waals surface area (Å²) in [6, 6.07) is 5.81. The van der Waals surface area contributed by atoms with E-state index in [0.717, 1.165) is 41.7 Å². The minimum Gasteiger partial charge on any atom is -0.383 e. The molecule has 0 bridgehead atoms. The molecule has 20 heavy (non-hydrogen) atoms. The molecule has 2 unspecified atom stereocenters. The largest absolute Gasteiger partial charge is 0.383 e. The average Bonchev–Trinajstić information content (AvgIpc) is 2.77. The Kier molecular flexibility index (Phi) is 5.74. The van der Waals surface area contributed by atoms with Gasteiger partial charge >= 0.3 is 0 Å². The van der Waals surface area contributed by atoms with E-state index in [9.17, 15) is 0 Å². The Balaban J connectivity index is 2.28. The minimum atomic E-state index is 0.0448. The van der Waals surface area contributed by atoms with Gasteiger partial charge < -0.3 is 10.1 Å². The molecule has 0 amide bonds. The molecule has 1 saturated carbocycles. The van der Waals surface area contributed by atoms with Crippen molar-refractivity contribution >= 4 is 23.2 Å². The molecule has 112 valence electrons. The lowest BCUT2D eigenvalue weighted by Gasteiger charge is -2.36. The summed E-state index contributed by atoms with van der Waals surface area (Å²) in [5.74, 6) is 0.579. The standard InChI is InChI=1S/C16H23Cl2NO/c1-12-5-4-8-16(12,11-19-9-10-20-2)15-13(17)6-3-7-14(15)18/h3,6-7,12,19H,4-5,8-11H2,1-2H3. The minimum absolute atomic E-state index is 0.0448. The van der Waals surface area contributed by atoms with E-state index >= 15 is 0 Å². The molecule has 1 aromatic carbocycles. The van der Waals surface area contributed by atoms with E-state index in [4.69, 9.17) is 27.9 Å². The fourth-order valence-electron chi connectivity index (χ4n) is 3.43. The molecule has 0 saturated heterocycles. The first-order chi connectivity index (χ1) is 9.62. The van der Waals surface area contributed by atoms with Gasteiger partial charge in [-0.05, 0) is 36.5 Å². The van der Waals surface area contributed by atoms with E-state index in [1.807, 2.05) is 18.2 Å². The number of nitrogens with one attached hydrogen (secondary N) is 1. The Morgan fingerprint density at radius 3 is 2.60 bits per heavy atom. The first kappa shape index (κ1) is 16.1. The summed E-state index contributed by atoms with van der Waals surface area (Å²) in [6.07, 6.45) is 3.60. The fourth-order valence-corrected chi connectivity index (χ4v) is 4.20. The van der Waals surface area contributed by atoms with Gasteiger partial charge in [0.05, 0.1) is 6.61 Å². The van der Waals surface area contributed by atoms with Gasteiger partial charge in [-0.2, -0.15) is 0 Å². The maximum Gasteiger partial charge on any atom is 0.0587 e. The summed E-state index contributed by atoms with van der Waals surface area (Å²) in [5.41, 5.74) is 1.17. The Hall–Kier alpha value is -0.280. The zero-order valence-corrected chi connectivity index (χ0v) is 13.7. The molecule has 0 heterocycles. The Morgan fingerprint density at radius 2 is 2.05 bits per heavy atom. The summed E-state index contributed by atoms with van der Waals surface area (Å²) in [4.78, 5) is 0. The highest BCUT2D eigenvalue weighted by atomic mass is 35.5.